The van der Waals surface area contributed by atoms with E-state index in [2.05, 4.69) is 15.4 Å². The number of amides is 2. The van der Waals surface area contributed by atoms with Gasteiger partial charge in [0.2, 0.25) is 5.78 Å². The third-order valence-corrected chi connectivity index (χ3v) is 5.20. The summed E-state index contributed by atoms with van der Waals surface area (Å²) >= 11 is 0. The van der Waals surface area contributed by atoms with Crippen LogP contribution in [0.5, 0.6) is 0 Å². The lowest BCUT2D eigenvalue weighted by Crippen LogP contribution is -2.47. The molecular weight excluding hydrogens is 444 g/mol. The monoisotopic (exact) mass is 463 g/mol. The highest BCUT2D eigenvalue weighted by Gasteiger charge is 2.28. The van der Waals surface area contributed by atoms with E-state index >= 15 is 0 Å². The molecule has 10 heteroatoms. The summed E-state index contributed by atoms with van der Waals surface area (Å²) in [4.78, 5) is 41.3. The zero-order valence-electron chi connectivity index (χ0n) is 17.7. The summed E-state index contributed by atoms with van der Waals surface area (Å²) in [5.74, 6) is -3.07. The van der Waals surface area contributed by atoms with Crippen molar-refractivity contribution in [3.05, 3.63) is 84.2 Å². The molecule has 0 fully saturated rings. The summed E-state index contributed by atoms with van der Waals surface area (Å²) in [5, 5.41) is 7.16. The van der Waals surface area contributed by atoms with Crippen molar-refractivity contribution in [3.63, 3.8) is 0 Å². The standard InChI is InChI=1S/C24H19F2N5O3/c25-24(26)31-13-17(20(30-31)16-9-8-15-7-4-10-28-18(15)12-16)23(34)29-19(21(32)22(27)33)11-14-5-2-1-3-6-14/h1-10,12-13,19,24H,11H2,(H2,27,33)(H,29,34). The number of halogens is 2. The van der Waals surface area contributed by atoms with Crippen molar-refractivity contribution < 1.29 is 23.2 Å². The number of pyridine rings is 1. The van der Waals surface area contributed by atoms with E-state index in [4.69, 9.17) is 5.73 Å². The largest absolute Gasteiger partial charge is 0.363 e. The SMILES string of the molecule is NC(=O)C(=O)C(Cc1ccccc1)NC(=O)c1cn(C(F)F)nc1-c1ccc2cccnc2c1. The van der Waals surface area contributed by atoms with Gasteiger partial charge < -0.3 is 11.1 Å². The summed E-state index contributed by atoms with van der Waals surface area (Å²) < 4.78 is 27.2. The van der Waals surface area contributed by atoms with Gasteiger partial charge in [-0.05, 0) is 17.7 Å². The number of carbonyl (C=O) groups excluding carboxylic acids is 3. The molecule has 2 aromatic carbocycles. The molecule has 3 N–H and O–H groups in total. The van der Waals surface area contributed by atoms with E-state index in [-0.39, 0.29) is 17.7 Å². The number of rotatable bonds is 8. The first kappa shape index (κ1) is 22.7. The third-order valence-electron chi connectivity index (χ3n) is 5.20. The minimum absolute atomic E-state index is 0.00738. The van der Waals surface area contributed by atoms with Crippen molar-refractivity contribution in [2.45, 2.75) is 19.0 Å². The molecule has 0 saturated carbocycles. The van der Waals surface area contributed by atoms with E-state index in [0.717, 1.165) is 11.6 Å². The Labute approximate surface area is 192 Å². The van der Waals surface area contributed by atoms with Gasteiger partial charge in [-0.15, -0.1) is 0 Å². The normalized spacial score (nSPS) is 12.0. The molecule has 34 heavy (non-hydrogen) atoms. The highest BCUT2D eigenvalue weighted by molar-refractivity contribution is 6.38. The van der Waals surface area contributed by atoms with Gasteiger partial charge in [0, 0.05) is 29.8 Å². The number of fused-ring (bicyclic) bond motifs is 1. The molecule has 2 heterocycles. The number of nitrogens with one attached hydrogen (secondary N) is 1. The molecule has 1 unspecified atom stereocenters. The van der Waals surface area contributed by atoms with Gasteiger partial charge in [0.25, 0.3) is 11.8 Å². The third kappa shape index (κ3) is 4.80. The second-order valence-corrected chi connectivity index (χ2v) is 7.50. The van der Waals surface area contributed by atoms with Gasteiger partial charge in [0.05, 0.1) is 11.1 Å². The van der Waals surface area contributed by atoms with Crippen molar-refractivity contribution in [1.82, 2.24) is 20.1 Å². The van der Waals surface area contributed by atoms with Gasteiger partial charge in [-0.3, -0.25) is 19.4 Å². The zero-order chi connectivity index (χ0) is 24.2. The number of nitrogens with two attached hydrogens (primary N) is 1. The first-order valence-electron chi connectivity index (χ1n) is 10.2. The molecule has 2 aromatic heterocycles. The average Bonchev–Trinajstić information content (AvgIpc) is 3.29. The summed E-state index contributed by atoms with van der Waals surface area (Å²) in [6.07, 6.45) is 2.47. The van der Waals surface area contributed by atoms with E-state index in [0.29, 0.717) is 21.3 Å². The fourth-order valence-electron chi connectivity index (χ4n) is 3.55. The summed E-state index contributed by atoms with van der Waals surface area (Å²) in [6, 6.07) is 16.0. The van der Waals surface area contributed by atoms with Gasteiger partial charge >= 0.3 is 6.55 Å². The quantitative estimate of drug-likeness (QED) is 0.390. The van der Waals surface area contributed by atoms with Crippen LogP contribution in [0, 0.1) is 0 Å². The zero-order valence-corrected chi connectivity index (χ0v) is 17.7. The Morgan fingerprint density at radius 3 is 2.50 bits per heavy atom. The molecule has 0 spiro atoms. The molecular formula is C24H19F2N5O3. The predicted molar refractivity (Wildman–Crippen MR) is 120 cm³/mol. The predicted octanol–water partition coefficient (Wildman–Crippen LogP) is 2.89. The van der Waals surface area contributed by atoms with Crippen molar-refractivity contribution in [3.8, 4) is 11.3 Å². The van der Waals surface area contributed by atoms with Crippen molar-refractivity contribution in [2.24, 2.45) is 5.73 Å². The number of Topliss-reactive ketones (excluding diaryl/α,β-unsaturated/α-hetero) is 1. The molecule has 1 atom stereocenters. The highest BCUT2D eigenvalue weighted by Crippen LogP contribution is 2.27. The van der Waals surface area contributed by atoms with E-state index < -0.39 is 30.2 Å². The highest BCUT2D eigenvalue weighted by atomic mass is 19.3. The topological polar surface area (TPSA) is 120 Å². The maximum Gasteiger partial charge on any atom is 0.333 e. The van der Waals surface area contributed by atoms with Crippen LogP contribution in [-0.2, 0) is 16.0 Å². The van der Waals surface area contributed by atoms with Crippen LogP contribution in [0.25, 0.3) is 22.2 Å². The van der Waals surface area contributed by atoms with Gasteiger partial charge in [-0.2, -0.15) is 13.9 Å². The molecule has 0 saturated heterocycles. The Kier molecular flexibility index (Phi) is 6.39. The second kappa shape index (κ2) is 9.57. The Hall–Kier alpha value is -4.47. The smallest absolute Gasteiger partial charge is 0.333 e. The molecule has 0 bridgehead atoms. The minimum Gasteiger partial charge on any atom is -0.363 e. The van der Waals surface area contributed by atoms with Gasteiger partial charge in [0.15, 0.2) is 0 Å². The Morgan fingerprint density at radius 1 is 1.03 bits per heavy atom. The number of hydrogen-bond donors (Lipinski definition) is 2. The maximum atomic E-state index is 13.4. The van der Waals surface area contributed by atoms with E-state index in [1.807, 2.05) is 6.07 Å². The van der Waals surface area contributed by atoms with E-state index in [9.17, 15) is 23.2 Å². The number of carbonyl (C=O) groups is 3. The second-order valence-electron chi connectivity index (χ2n) is 7.50. The van der Waals surface area contributed by atoms with Gasteiger partial charge in [-0.25, -0.2) is 4.68 Å². The summed E-state index contributed by atoms with van der Waals surface area (Å²) in [7, 11) is 0. The number of alkyl halides is 2. The van der Waals surface area contributed by atoms with Crippen LogP contribution >= 0.6 is 0 Å². The molecule has 0 aliphatic rings. The number of hydrogen-bond acceptors (Lipinski definition) is 5. The Morgan fingerprint density at radius 2 is 1.79 bits per heavy atom. The van der Waals surface area contributed by atoms with Crippen LogP contribution in [-0.4, -0.2) is 38.4 Å². The van der Waals surface area contributed by atoms with Crippen LogP contribution < -0.4 is 11.1 Å². The molecule has 8 nitrogen and oxygen atoms in total. The van der Waals surface area contributed by atoms with Crippen LogP contribution in [0.3, 0.4) is 0 Å². The summed E-state index contributed by atoms with van der Waals surface area (Å²) in [6.45, 7) is -2.99. The van der Waals surface area contributed by atoms with Crippen LogP contribution in [0.1, 0.15) is 22.5 Å². The minimum atomic E-state index is -2.99. The number of benzene rings is 2. The molecule has 0 aliphatic heterocycles. The van der Waals surface area contributed by atoms with Crippen LogP contribution in [0.15, 0.2) is 73.1 Å². The number of nitrogens with zero attached hydrogens (tertiary/aromatic N) is 3. The lowest BCUT2D eigenvalue weighted by atomic mass is 10.0. The Balaban J connectivity index is 1.70. The molecule has 4 rings (SSSR count). The number of aromatic nitrogens is 3. The molecule has 0 radical (unpaired) electrons. The maximum absolute atomic E-state index is 13.4. The number of ketones is 1. The molecule has 2 amide bonds. The molecule has 0 aliphatic carbocycles. The van der Waals surface area contributed by atoms with Crippen LogP contribution in [0.2, 0.25) is 0 Å². The van der Waals surface area contributed by atoms with E-state index in [1.54, 1.807) is 60.8 Å². The first-order valence-corrected chi connectivity index (χ1v) is 10.2. The lowest BCUT2D eigenvalue weighted by molar-refractivity contribution is -0.137. The molecule has 172 valence electrons. The van der Waals surface area contributed by atoms with E-state index in [1.165, 1.54) is 0 Å². The summed E-state index contributed by atoms with van der Waals surface area (Å²) in [5.41, 5.74) is 6.60. The average molecular weight is 463 g/mol. The van der Waals surface area contributed by atoms with Crippen molar-refractivity contribution in [2.75, 3.05) is 0 Å². The van der Waals surface area contributed by atoms with Gasteiger partial charge in [-0.1, -0.05) is 48.5 Å². The van der Waals surface area contributed by atoms with Crippen molar-refractivity contribution >= 4 is 28.5 Å². The van der Waals surface area contributed by atoms with Crippen molar-refractivity contribution in [1.29, 1.82) is 0 Å². The van der Waals surface area contributed by atoms with Crippen LogP contribution in [0.4, 0.5) is 8.78 Å². The Bertz CT molecular complexity index is 1370. The fourth-order valence-corrected chi connectivity index (χ4v) is 3.55. The van der Waals surface area contributed by atoms with Gasteiger partial charge in [0.1, 0.15) is 11.7 Å². The first-order chi connectivity index (χ1) is 16.3. The lowest BCUT2D eigenvalue weighted by Gasteiger charge is -2.16. The fraction of sp³-hybridized carbons (Fsp3) is 0.125. The molecule has 4 aromatic rings. The number of primary amides is 1.